The van der Waals surface area contributed by atoms with Crippen LogP contribution < -0.4 is 5.32 Å². The Labute approximate surface area is 115 Å². The minimum Gasteiger partial charge on any atom is -0.383 e. The molecule has 5 heteroatoms. The summed E-state index contributed by atoms with van der Waals surface area (Å²) in [5.41, 5.74) is 3.39. The molecular weight excluding hydrogens is 242 g/mol. The SMILES string of the molecule is COCCNCCCc1c(C)nc(COC)nc1C. The fraction of sp³-hybridized carbons (Fsp3) is 0.714. The first-order valence-electron chi connectivity index (χ1n) is 6.70. The van der Waals surface area contributed by atoms with E-state index in [1.165, 1.54) is 5.56 Å². The van der Waals surface area contributed by atoms with Crippen molar-refractivity contribution >= 4 is 0 Å². The smallest absolute Gasteiger partial charge is 0.154 e. The van der Waals surface area contributed by atoms with E-state index in [0.29, 0.717) is 6.61 Å². The minimum absolute atomic E-state index is 0.473. The average Bonchev–Trinajstić information content (AvgIpc) is 2.36. The molecule has 5 nitrogen and oxygen atoms in total. The predicted molar refractivity (Wildman–Crippen MR) is 75.3 cm³/mol. The highest BCUT2D eigenvalue weighted by molar-refractivity contribution is 5.24. The minimum atomic E-state index is 0.473. The summed E-state index contributed by atoms with van der Waals surface area (Å²) in [5, 5.41) is 3.34. The molecule has 0 aromatic carbocycles. The van der Waals surface area contributed by atoms with Gasteiger partial charge in [0.2, 0.25) is 0 Å². The molecule has 1 heterocycles. The van der Waals surface area contributed by atoms with Crippen molar-refractivity contribution in [3.8, 4) is 0 Å². The molecule has 1 rings (SSSR count). The van der Waals surface area contributed by atoms with Gasteiger partial charge in [0, 0.05) is 32.2 Å². The van der Waals surface area contributed by atoms with Gasteiger partial charge in [0.25, 0.3) is 0 Å². The molecule has 0 saturated carbocycles. The van der Waals surface area contributed by atoms with Gasteiger partial charge in [-0.2, -0.15) is 0 Å². The Bertz CT molecular complexity index is 360. The summed E-state index contributed by atoms with van der Waals surface area (Å²) < 4.78 is 10.1. The average molecular weight is 267 g/mol. The lowest BCUT2D eigenvalue weighted by Gasteiger charge is -2.11. The molecule has 1 aromatic rings. The van der Waals surface area contributed by atoms with Crippen molar-refractivity contribution < 1.29 is 9.47 Å². The Morgan fingerprint density at radius 1 is 1.00 bits per heavy atom. The van der Waals surface area contributed by atoms with E-state index < -0.39 is 0 Å². The van der Waals surface area contributed by atoms with Crippen molar-refractivity contribution in [2.45, 2.75) is 33.3 Å². The molecule has 0 bridgehead atoms. The third kappa shape index (κ3) is 5.63. The Morgan fingerprint density at radius 2 is 1.68 bits per heavy atom. The van der Waals surface area contributed by atoms with Crippen molar-refractivity contribution in [2.24, 2.45) is 0 Å². The van der Waals surface area contributed by atoms with Crippen LogP contribution in [0.1, 0.15) is 29.2 Å². The van der Waals surface area contributed by atoms with Gasteiger partial charge in [0.1, 0.15) is 6.61 Å². The molecule has 0 spiro atoms. The molecule has 1 N–H and O–H groups in total. The van der Waals surface area contributed by atoms with Crippen LogP contribution in [-0.2, 0) is 22.5 Å². The van der Waals surface area contributed by atoms with E-state index in [1.54, 1.807) is 14.2 Å². The largest absolute Gasteiger partial charge is 0.383 e. The lowest BCUT2D eigenvalue weighted by atomic mass is 10.1. The third-order valence-electron chi connectivity index (χ3n) is 3.00. The molecular formula is C14H25N3O2. The van der Waals surface area contributed by atoms with Gasteiger partial charge in [0.05, 0.1) is 6.61 Å². The predicted octanol–water partition coefficient (Wildman–Crippen LogP) is 1.41. The summed E-state index contributed by atoms with van der Waals surface area (Å²) in [7, 11) is 3.38. The molecule has 1 aromatic heterocycles. The summed E-state index contributed by atoms with van der Waals surface area (Å²) >= 11 is 0. The summed E-state index contributed by atoms with van der Waals surface area (Å²) in [6.07, 6.45) is 2.09. The number of rotatable bonds is 9. The number of aryl methyl sites for hydroxylation is 2. The second-order valence-corrected chi connectivity index (χ2v) is 4.57. The van der Waals surface area contributed by atoms with Gasteiger partial charge in [-0.3, -0.25) is 0 Å². The molecule has 0 aliphatic heterocycles. The fourth-order valence-corrected chi connectivity index (χ4v) is 2.05. The highest BCUT2D eigenvalue weighted by Crippen LogP contribution is 2.12. The van der Waals surface area contributed by atoms with E-state index in [1.807, 2.05) is 13.8 Å². The van der Waals surface area contributed by atoms with Crippen LogP contribution in [0.2, 0.25) is 0 Å². The van der Waals surface area contributed by atoms with Crippen LogP contribution in [-0.4, -0.2) is 43.9 Å². The molecule has 0 aliphatic carbocycles. The second kappa shape index (κ2) is 8.96. The van der Waals surface area contributed by atoms with E-state index in [0.717, 1.165) is 49.8 Å². The van der Waals surface area contributed by atoms with Crippen LogP contribution >= 0.6 is 0 Å². The molecule has 0 atom stereocenters. The van der Waals surface area contributed by atoms with Crippen molar-refractivity contribution in [1.82, 2.24) is 15.3 Å². The zero-order valence-electron chi connectivity index (χ0n) is 12.5. The maximum absolute atomic E-state index is 5.07. The van der Waals surface area contributed by atoms with Gasteiger partial charge in [-0.05, 0) is 38.8 Å². The summed E-state index contributed by atoms with van der Waals surface area (Å²) in [4.78, 5) is 8.95. The molecule has 0 aliphatic rings. The maximum Gasteiger partial charge on any atom is 0.154 e. The first-order valence-corrected chi connectivity index (χ1v) is 6.70. The number of aromatic nitrogens is 2. The Kier molecular flexibility index (Phi) is 7.55. The molecule has 0 unspecified atom stereocenters. The van der Waals surface area contributed by atoms with Gasteiger partial charge in [-0.25, -0.2) is 9.97 Å². The van der Waals surface area contributed by atoms with Gasteiger partial charge in [-0.1, -0.05) is 0 Å². The van der Waals surface area contributed by atoms with Gasteiger partial charge in [0.15, 0.2) is 5.82 Å². The van der Waals surface area contributed by atoms with Crippen LogP contribution in [0, 0.1) is 13.8 Å². The molecule has 0 radical (unpaired) electrons. The molecule has 108 valence electrons. The summed E-state index contributed by atoms with van der Waals surface area (Å²) in [5.74, 6) is 0.763. The van der Waals surface area contributed by atoms with Crippen molar-refractivity contribution in [3.63, 3.8) is 0 Å². The number of nitrogens with one attached hydrogen (secondary N) is 1. The lowest BCUT2D eigenvalue weighted by Crippen LogP contribution is -2.21. The normalized spacial score (nSPS) is 10.9. The molecule has 0 saturated heterocycles. The highest BCUT2D eigenvalue weighted by Gasteiger charge is 2.08. The Hall–Kier alpha value is -1.04. The van der Waals surface area contributed by atoms with Gasteiger partial charge >= 0.3 is 0 Å². The highest BCUT2D eigenvalue weighted by atomic mass is 16.5. The van der Waals surface area contributed by atoms with Crippen LogP contribution in [0.4, 0.5) is 0 Å². The van der Waals surface area contributed by atoms with Crippen LogP contribution in [0.15, 0.2) is 0 Å². The monoisotopic (exact) mass is 267 g/mol. The van der Waals surface area contributed by atoms with E-state index in [-0.39, 0.29) is 0 Å². The number of hydrogen-bond acceptors (Lipinski definition) is 5. The Balaban J connectivity index is 2.45. The fourth-order valence-electron chi connectivity index (χ4n) is 2.05. The van der Waals surface area contributed by atoms with Crippen molar-refractivity contribution in [3.05, 3.63) is 22.8 Å². The summed E-state index contributed by atoms with van der Waals surface area (Å²) in [6.45, 7) is 7.20. The maximum atomic E-state index is 5.07. The molecule has 0 amide bonds. The van der Waals surface area contributed by atoms with E-state index in [4.69, 9.17) is 9.47 Å². The van der Waals surface area contributed by atoms with E-state index in [2.05, 4.69) is 15.3 Å². The van der Waals surface area contributed by atoms with Crippen molar-refractivity contribution in [2.75, 3.05) is 33.9 Å². The van der Waals surface area contributed by atoms with Gasteiger partial charge in [-0.15, -0.1) is 0 Å². The van der Waals surface area contributed by atoms with Crippen molar-refractivity contribution in [1.29, 1.82) is 0 Å². The topological polar surface area (TPSA) is 56.3 Å². The molecule has 0 fully saturated rings. The zero-order chi connectivity index (χ0) is 14.1. The standard InChI is InChI=1S/C14H25N3O2/c1-11-13(6-5-7-15-8-9-18-3)12(2)17-14(16-11)10-19-4/h15H,5-10H2,1-4H3. The second-order valence-electron chi connectivity index (χ2n) is 4.57. The van der Waals surface area contributed by atoms with Crippen LogP contribution in [0.25, 0.3) is 0 Å². The summed E-state index contributed by atoms with van der Waals surface area (Å²) in [6, 6.07) is 0. The van der Waals surface area contributed by atoms with Gasteiger partial charge < -0.3 is 14.8 Å². The number of methoxy groups -OCH3 is 2. The number of ether oxygens (including phenoxy) is 2. The molecule has 19 heavy (non-hydrogen) atoms. The van der Waals surface area contributed by atoms with E-state index >= 15 is 0 Å². The quantitative estimate of drug-likeness (QED) is 0.686. The van der Waals surface area contributed by atoms with E-state index in [9.17, 15) is 0 Å². The lowest BCUT2D eigenvalue weighted by molar-refractivity contribution is 0.177. The Morgan fingerprint density at radius 3 is 2.26 bits per heavy atom. The van der Waals surface area contributed by atoms with Crippen LogP contribution in [0.3, 0.4) is 0 Å². The number of hydrogen-bond donors (Lipinski definition) is 1. The zero-order valence-corrected chi connectivity index (χ0v) is 12.5. The first kappa shape index (κ1) is 16.0. The number of nitrogens with zero attached hydrogens (tertiary/aromatic N) is 2. The third-order valence-corrected chi connectivity index (χ3v) is 3.00. The first-order chi connectivity index (χ1) is 9.19. The van der Waals surface area contributed by atoms with Crippen LogP contribution in [0.5, 0.6) is 0 Å².